The number of benzene rings is 2. The largest absolute Gasteiger partial charge is 0.378 e. The summed E-state index contributed by atoms with van der Waals surface area (Å²) in [5, 5.41) is 4.91. The summed E-state index contributed by atoms with van der Waals surface area (Å²) in [6, 6.07) is 13.0. The maximum Gasteiger partial charge on any atom is 0.254 e. The predicted molar refractivity (Wildman–Crippen MR) is 126 cm³/mol. The van der Waals surface area contributed by atoms with E-state index in [1.54, 1.807) is 41.3 Å². The lowest BCUT2D eigenvalue weighted by Gasteiger charge is -2.29. The van der Waals surface area contributed by atoms with Crippen molar-refractivity contribution in [2.24, 2.45) is 5.92 Å². The fraction of sp³-hybridized carbons (Fsp3) is 0.360. The first-order chi connectivity index (χ1) is 15.9. The molecule has 1 aliphatic rings. The molecule has 0 spiro atoms. The molecule has 0 unspecified atom stereocenters. The number of rotatable bonds is 7. The number of hydrogen-bond acceptors (Lipinski definition) is 5. The normalized spacial score (nSPS) is 14.0. The van der Waals surface area contributed by atoms with Crippen LogP contribution in [-0.2, 0) is 11.3 Å². The maximum absolute atomic E-state index is 13.5. The zero-order valence-electron chi connectivity index (χ0n) is 18.8. The lowest BCUT2D eigenvalue weighted by atomic mass is 10.0. The third kappa shape index (κ3) is 5.54. The number of morpholine rings is 1. The van der Waals surface area contributed by atoms with Gasteiger partial charge in [-0.25, -0.2) is 4.39 Å². The van der Waals surface area contributed by atoms with Crippen LogP contribution in [0.3, 0.4) is 0 Å². The van der Waals surface area contributed by atoms with E-state index < -0.39 is 0 Å². The third-order valence-electron chi connectivity index (χ3n) is 5.50. The van der Waals surface area contributed by atoms with Gasteiger partial charge in [0.1, 0.15) is 11.5 Å². The topological polar surface area (TPSA) is 58.8 Å². The van der Waals surface area contributed by atoms with Gasteiger partial charge in [0.05, 0.1) is 25.3 Å². The molecule has 6 nitrogen and oxygen atoms in total. The zero-order valence-corrected chi connectivity index (χ0v) is 19.5. The van der Waals surface area contributed by atoms with Crippen LogP contribution >= 0.6 is 11.6 Å². The Morgan fingerprint density at radius 1 is 1.12 bits per heavy atom. The van der Waals surface area contributed by atoms with E-state index in [1.165, 1.54) is 12.1 Å². The second-order valence-electron chi connectivity index (χ2n) is 8.51. The van der Waals surface area contributed by atoms with E-state index in [1.807, 2.05) is 0 Å². The van der Waals surface area contributed by atoms with E-state index in [-0.39, 0.29) is 17.6 Å². The van der Waals surface area contributed by atoms with Crippen LogP contribution in [0, 0.1) is 11.7 Å². The van der Waals surface area contributed by atoms with Gasteiger partial charge in [0.25, 0.3) is 5.91 Å². The Bertz CT molecular complexity index is 1080. The van der Waals surface area contributed by atoms with Gasteiger partial charge in [0, 0.05) is 35.8 Å². The number of ether oxygens (including phenoxy) is 1. The van der Waals surface area contributed by atoms with Gasteiger partial charge < -0.3 is 19.1 Å². The molecular weight excluding hydrogens is 445 g/mol. The molecule has 0 aliphatic carbocycles. The van der Waals surface area contributed by atoms with Crippen LogP contribution in [-0.4, -0.2) is 48.8 Å². The molecule has 0 bridgehead atoms. The van der Waals surface area contributed by atoms with Crippen LogP contribution < -0.4 is 4.90 Å². The molecular formula is C25H27ClFN3O3. The number of carbonyl (C=O) groups excluding carboxylic acids is 1. The Labute approximate surface area is 197 Å². The van der Waals surface area contributed by atoms with Gasteiger partial charge in [0.2, 0.25) is 5.88 Å². The van der Waals surface area contributed by atoms with E-state index in [2.05, 4.69) is 23.9 Å². The van der Waals surface area contributed by atoms with Gasteiger partial charge in [-0.3, -0.25) is 4.79 Å². The highest BCUT2D eigenvalue weighted by Gasteiger charge is 2.28. The number of nitrogens with zero attached hydrogens (tertiary/aromatic N) is 3. The molecule has 0 radical (unpaired) electrons. The van der Waals surface area contributed by atoms with Gasteiger partial charge in [-0.05, 0) is 54.4 Å². The van der Waals surface area contributed by atoms with Gasteiger partial charge >= 0.3 is 0 Å². The maximum atomic E-state index is 13.5. The summed E-state index contributed by atoms with van der Waals surface area (Å²) in [5.41, 5.74) is 2.70. The van der Waals surface area contributed by atoms with Crippen molar-refractivity contribution in [3.8, 4) is 11.3 Å². The van der Waals surface area contributed by atoms with Crippen molar-refractivity contribution in [2.75, 3.05) is 37.7 Å². The number of aromatic nitrogens is 1. The molecule has 2 heterocycles. The molecule has 1 aliphatic heterocycles. The van der Waals surface area contributed by atoms with Crippen LogP contribution in [0.5, 0.6) is 0 Å². The first-order valence-electron chi connectivity index (χ1n) is 11.0. The lowest BCUT2D eigenvalue weighted by Crippen LogP contribution is -2.38. The average molecular weight is 472 g/mol. The van der Waals surface area contributed by atoms with Crippen LogP contribution in [0.15, 0.2) is 53.1 Å². The molecule has 0 N–H and O–H groups in total. The second kappa shape index (κ2) is 10.4. The van der Waals surface area contributed by atoms with Crippen molar-refractivity contribution in [3.63, 3.8) is 0 Å². The molecule has 1 saturated heterocycles. The SMILES string of the molecule is CC(C)CN(Cc1c(-c2ccc(F)cc2)noc1N1CCOCC1)C(=O)c1ccc(Cl)cc1. The Morgan fingerprint density at radius 3 is 2.42 bits per heavy atom. The van der Waals surface area contributed by atoms with E-state index >= 15 is 0 Å². The molecule has 0 atom stereocenters. The standard InChI is InChI=1S/C25H27ClFN3O3/c1-17(2)15-30(24(31)19-3-7-20(26)8-4-19)16-22-23(18-5-9-21(27)10-6-18)28-33-25(22)29-11-13-32-14-12-29/h3-10,17H,11-16H2,1-2H3. The highest BCUT2D eigenvalue weighted by Crippen LogP contribution is 2.33. The van der Waals surface area contributed by atoms with E-state index in [0.29, 0.717) is 61.6 Å². The van der Waals surface area contributed by atoms with Crippen molar-refractivity contribution in [1.29, 1.82) is 0 Å². The van der Waals surface area contributed by atoms with Gasteiger partial charge in [-0.1, -0.05) is 30.6 Å². The van der Waals surface area contributed by atoms with E-state index in [4.69, 9.17) is 20.9 Å². The molecule has 8 heteroatoms. The molecule has 1 amide bonds. The molecule has 2 aromatic carbocycles. The summed E-state index contributed by atoms with van der Waals surface area (Å²) >= 11 is 6.01. The molecule has 33 heavy (non-hydrogen) atoms. The minimum absolute atomic E-state index is 0.0976. The minimum atomic E-state index is -0.323. The Hall–Kier alpha value is -2.90. The van der Waals surface area contributed by atoms with Crippen molar-refractivity contribution >= 4 is 23.4 Å². The van der Waals surface area contributed by atoms with Crippen molar-refractivity contribution in [1.82, 2.24) is 10.1 Å². The molecule has 4 rings (SSSR count). The van der Waals surface area contributed by atoms with Gasteiger partial charge in [0.15, 0.2) is 0 Å². The smallest absolute Gasteiger partial charge is 0.254 e. The molecule has 3 aromatic rings. The fourth-order valence-electron chi connectivity index (χ4n) is 3.92. The lowest BCUT2D eigenvalue weighted by molar-refractivity contribution is 0.0722. The van der Waals surface area contributed by atoms with Crippen LogP contribution in [0.1, 0.15) is 29.8 Å². The number of amides is 1. The monoisotopic (exact) mass is 471 g/mol. The average Bonchev–Trinajstić information content (AvgIpc) is 3.23. The Morgan fingerprint density at radius 2 is 1.79 bits per heavy atom. The second-order valence-corrected chi connectivity index (χ2v) is 8.94. The van der Waals surface area contributed by atoms with Gasteiger partial charge in [-0.2, -0.15) is 0 Å². The molecule has 1 fully saturated rings. The zero-order chi connectivity index (χ0) is 23.4. The van der Waals surface area contributed by atoms with Crippen molar-refractivity contribution in [3.05, 3.63) is 70.5 Å². The quantitative estimate of drug-likeness (QED) is 0.470. The van der Waals surface area contributed by atoms with E-state index in [0.717, 1.165) is 11.1 Å². The summed E-state index contributed by atoms with van der Waals surface area (Å²) in [6.45, 7) is 7.51. The first-order valence-corrected chi connectivity index (χ1v) is 11.4. The summed E-state index contributed by atoms with van der Waals surface area (Å²) < 4.78 is 24.8. The Kier molecular flexibility index (Phi) is 7.30. The number of carbonyl (C=O) groups is 1. The number of anilines is 1. The first kappa shape index (κ1) is 23.3. The minimum Gasteiger partial charge on any atom is -0.378 e. The van der Waals surface area contributed by atoms with E-state index in [9.17, 15) is 9.18 Å². The van der Waals surface area contributed by atoms with Gasteiger partial charge in [-0.15, -0.1) is 0 Å². The highest BCUT2D eigenvalue weighted by molar-refractivity contribution is 6.30. The summed E-state index contributed by atoms with van der Waals surface area (Å²) in [4.78, 5) is 17.3. The van der Waals surface area contributed by atoms with Crippen LogP contribution in [0.25, 0.3) is 11.3 Å². The fourth-order valence-corrected chi connectivity index (χ4v) is 4.04. The highest BCUT2D eigenvalue weighted by atomic mass is 35.5. The number of hydrogen-bond donors (Lipinski definition) is 0. The third-order valence-corrected chi connectivity index (χ3v) is 5.75. The summed E-state index contributed by atoms with van der Waals surface area (Å²) in [5.74, 6) is 0.452. The summed E-state index contributed by atoms with van der Waals surface area (Å²) in [7, 11) is 0. The van der Waals surface area contributed by atoms with Crippen LogP contribution in [0.4, 0.5) is 10.3 Å². The molecule has 174 valence electrons. The van der Waals surface area contributed by atoms with Crippen molar-refractivity contribution < 1.29 is 18.4 Å². The summed E-state index contributed by atoms with van der Waals surface area (Å²) in [6.07, 6.45) is 0. The molecule has 0 saturated carbocycles. The Balaban J connectivity index is 1.72. The predicted octanol–water partition coefficient (Wildman–Crippen LogP) is 5.27. The molecule has 1 aromatic heterocycles. The van der Waals surface area contributed by atoms with Crippen molar-refractivity contribution in [2.45, 2.75) is 20.4 Å². The van der Waals surface area contributed by atoms with Crippen LogP contribution in [0.2, 0.25) is 5.02 Å². The number of halogens is 2.